The van der Waals surface area contributed by atoms with Gasteiger partial charge in [-0.3, -0.25) is 13.9 Å². The lowest BCUT2D eigenvalue weighted by Gasteiger charge is -2.33. The van der Waals surface area contributed by atoms with Crippen LogP contribution < -0.4 is 9.62 Å². The van der Waals surface area contributed by atoms with Gasteiger partial charge in [-0.25, -0.2) is 8.42 Å². The fourth-order valence-corrected chi connectivity index (χ4v) is 5.79. The van der Waals surface area contributed by atoms with E-state index >= 15 is 0 Å². The molecular weight excluding hydrogens is 486 g/mol. The van der Waals surface area contributed by atoms with Gasteiger partial charge in [-0.1, -0.05) is 61.5 Å². The number of anilines is 1. The van der Waals surface area contributed by atoms with Crippen molar-refractivity contribution in [1.29, 1.82) is 0 Å². The summed E-state index contributed by atoms with van der Waals surface area (Å²) in [6.07, 6.45) is 0.381. The minimum atomic E-state index is -4.08. The first-order valence-corrected chi connectivity index (χ1v) is 13.7. The van der Waals surface area contributed by atoms with Crippen LogP contribution >= 0.6 is 0 Å². The van der Waals surface area contributed by atoms with Gasteiger partial charge in [0.2, 0.25) is 11.8 Å². The minimum absolute atomic E-state index is 0.0903. The highest BCUT2D eigenvalue weighted by Gasteiger charge is 2.34. The van der Waals surface area contributed by atoms with Crippen LogP contribution in [-0.2, 0) is 26.2 Å². The van der Waals surface area contributed by atoms with Gasteiger partial charge in [0.1, 0.15) is 12.6 Å². The molecular formula is C29H35N3O4S. The van der Waals surface area contributed by atoms with Gasteiger partial charge in [-0.2, -0.15) is 0 Å². The van der Waals surface area contributed by atoms with Crippen LogP contribution in [0.2, 0.25) is 0 Å². The van der Waals surface area contributed by atoms with Gasteiger partial charge in [0.25, 0.3) is 10.0 Å². The molecule has 0 aromatic heterocycles. The average molecular weight is 522 g/mol. The number of amides is 2. The predicted octanol–water partition coefficient (Wildman–Crippen LogP) is 4.36. The van der Waals surface area contributed by atoms with E-state index in [-0.39, 0.29) is 17.3 Å². The smallest absolute Gasteiger partial charge is 0.264 e. The molecule has 3 aromatic rings. The van der Waals surface area contributed by atoms with Gasteiger partial charge < -0.3 is 10.2 Å². The molecule has 8 heteroatoms. The SMILES string of the molecule is CC[C@H](C(=O)NC)N(Cc1ccccc1C)C(=O)CN(c1cccc(C)c1C)S(=O)(=O)c1ccccc1. The van der Waals surface area contributed by atoms with Gasteiger partial charge in [0.15, 0.2) is 0 Å². The van der Waals surface area contributed by atoms with E-state index in [0.29, 0.717) is 12.1 Å². The summed E-state index contributed by atoms with van der Waals surface area (Å²) in [7, 11) is -2.54. The summed E-state index contributed by atoms with van der Waals surface area (Å²) in [5.74, 6) is -0.757. The van der Waals surface area contributed by atoms with Crippen LogP contribution in [0.3, 0.4) is 0 Å². The first-order valence-electron chi connectivity index (χ1n) is 12.3. The Kier molecular flexibility index (Phi) is 9.10. The van der Waals surface area contributed by atoms with Crippen molar-refractivity contribution in [2.24, 2.45) is 0 Å². The van der Waals surface area contributed by atoms with E-state index in [1.807, 2.05) is 58.0 Å². The number of nitrogens with zero attached hydrogens (tertiary/aromatic N) is 2. The molecule has 0 bridgehead atoms. The number of rotatable bonds is 10. The van der Waals surface area contributed by atoms with Crippen LogP contribution in [0.5, 0.6) is 0 Å². The Hall–Kier alpha value is -3.65. The second-order valence-electron chi connectivity index (χ2n) is 9.03. The Labute approximate surface area is 220 Å². The van der Waals surface area contributed by atoms with E-state index in [1.165, 1.54) is 24.1 Å². The number of hydrogen-bond acceptors (Lipinski definition) is 4. The summed E-state index contributed by atoms with van der Waals surface area (Å²) in [5.41, 5.74) is 3.98. The number of benzene rings is 3. The average Bonchev–Trinajstić information content (AvgIpc) is 2.90. The Morgan fingerprint density at radius 2 is 1.49 bits per heavy atom. The van der Waals surface area contributed by atoms with Crippen molar-refractivity contribution >= 4 is 27.5 Å². The van der Waals surface area contributed by atoms with Crippen molar-refractivity contribution in [3.63, 3.8) is 0 Å². The largest absolute Gasteiger partial charge is 0.357 e. The third-order valence-corrected chi connectivity index (χ3v) is 8.46. The molecule has 0 radical (unpaired) electrons. The summed E-state index contributed by atoms with van der Waals surface area (Å²) < 4.78 is 28.9. The molecule has 0 spiro atoms. The van der Waals surface area contributed by atoms with E-state index in [0.717, 1.165) is 26.6 Å². The van der Waals surface area contributed by atoms with E-state index in [1.54, 1.807) is 30.3 Å². The molecule has 0 heterocycles. The zero-order chi connectivity index (χ0) is 27.2. The molecule has 37 heavy (non-hydrogen) atoms. The van der Waals surface area contributed by atoms with Crippen molar-refractivity contribution in [2.45, 2.75) is 51.6 Å². The minimum Gasteiger partial charge on any atom is -0.357 e. The Bertz CT molecular complexity index is 1360. The molecule has 1 N–H and O–H groups in total. The molecule has 0 fully saturated rings. The monoisotopic (exact) mass is 521 g/mol. The molecule has 1 atom stereocenters. The summed E-state index contributed by atoms with van der Waals surface area (Å²) in [4.78, 5) is 28.4. The number of carbonyl (C=O) groups is 2. The molecule has 0 saturated heterocycles. The molecule has 0 saturated carbocycles. The van der Waals surface area contributed by atoms with Crippen LogP contribution in [0.1, 0.15) is 35.6 Å². The molecule has 7 nitrogen and oxygen atoms in total. The standard InChI is InChI=1S/C29H35N3O4S/c1-6-26(29(34)30-5)31(19-24-15-11-10-13-22(24)3)28(33)20-32(27-18-12-14-21(2)23(27)4)37(35,36)25-16-8-7-9-17-25/h7-18,26H,6,19-20H2,1-5H3,(H,30,34)/t26-/m1/s1. The van der Waals surface area contributed by atoms with Crippen LogP contribution in [0.25, 0.3) is 0 Å². The van der Waals surface area contributed by atoms with Gasteiger partial charge in [-0.15, -0.1) is 0 Å². The zero-order valence-corrected chi connectivity index (χ0v) is 22.9. The van der Waals surface area contributed by atoms with Crippen molar-refractivity contribution in [3.05, 3.63) is 95.1 Å². The number of hydrogen-bond donors (Lipinski definition) is 1. The summed E-state index contributed by atoms with van der Waals surface area (Å²) >= 11 is 0. The van der Waals surface area contributed by atoms with Crippen LogP contribution in [0, 0.1) is 20.8 Å². The maximum atomic E-state index is 14.0. The molecule has 0 aliphatic heterocycles. The molecule has 3 rings (SSSR count). The van der Waals surface area contributed by atoms with E-state index in [9.17, 15) is 18.0 Å². The Morgan fingerprint density at radius 1 is 0.865 bits per heavy atom. The van der Waals surface area contributed by atoms with Crippen molar-refractivity contribution in [1.82, 2.24) is 10.2 Å². The number of sulfonamides is 1. The first kappa shape index (κ1) is 27.9. The van der Waals surface area contributed by atoms with Crippen LogP contribution in [-0.4, -0.2) is 44.8 Å². The lowest BCUT2D eigenvalue weighted by molar-refractivity contribution is -0.140. The fourth-order valence-electron chi connectivity index (χ4n) is 4.30. The number of aryl methyl sites for hydroxylation is 2. The quantitative estimate of drug-likeness (QED) is 0.430. The number of likely N-dealkylation sites (N-methyl/N-ethyl adjacent to an activating group) is 1. The highest BCUT2D eigenvalue weighted by Crippen LogP contribution is 2.29. The summed E-state index contributed by atoms with van der Waals surface area (Å²) in [6.45, 7) is 7.26. The summed E-state index contributed by atoms with van der Waals surface area (Å²) in [5, 5.41) is 2.64. The fraction of sp³-hybridized carbons (Fsp3) is 0.310. The van der Waals surface area contributed by atoms with Gasteiger partial charge in [0.05, 0.1) is 10.6 Å². The van der Waals surface area contributed by atoms with E-state index in [2.05, 4.69) is 5.32 Å². The van der Waals surface area contributed by atoms with Gasteiger partial charge in [0, 0.05) is 13.6 Å². The summed E-state index contributed by atoms with van der Waals surface area (Å²) in [6, 6.07) is 20.4. The number of carbonyl (C=O) groups excluding carboxylic acids is 2. The van der Waals surface area contributed by atoms with E-state index in [4.69, 9.17) is 0 Å². The maximum absolute atomic E-state index is 14.0. The third kappa shape index (κ3) is 6.20. The molecule has 196 valence electrons. The van der Waals surface area contributed by atoms with Crippen LogP contribution in [0.4, 0.5) is 5.69 Å². The molecule has 2 amide bonds. The normalized spacial score (nSPS) is 12.0. The first-order chi connectivity index (χ1) is 17.6. The lowest BCUT2D eigenvalue weighted by atomic mass is 10.1. The maximum Gasteiger partial charge on any atom is 0.264 e. The van der Waals surface area contributed by atoms with E-state index < -0.39 is 28.5 Å². The topological polar surface area (TPSA) is 86.8 Å². The third-order valence-electron chi connectivity index (χ3n) is 6.69. The van der Waals surface area contributed by atoms with Crippen molar-refractivity contribution in [2.75, 3.05) is 17.9 Å². The van der Waals surface area contributed by atoms with Gasteiger partial charge in [-0.05, 0) is 67.6 Å². The zero-order valence-electron chi connectivity index (χ0n) is 22.1. The van der Waals surface area contributed by atoms with Crippen molar-refractivity contribution in [3.8, 4) is 0 Å². The number of nitrogens with one attached hydrogen (secondary N) is 1. The Balaban J connectivity index is 2.11. The highest BCUT2D eigenvalue weighted by molar-refractivity contribution is 7.92. The van der Waals surface area contributed by atoms with Crippen LogP contribution in [0.15, 0.2) is 77.7 Å². The van der Waals surface area contributed by atoms with Gasteiger partial charge >= 0.3 is 0 Å². The Morgan fingerprint density at radius 3 is 2.11 bits per heavy atom. The van der Waals surface area contributed by atoms with Crippen molar-refractivity contribution < 1.29 is 18.0 Å². The molecule has 0 unspecified atom stereocenters. The second kappa shape index (κ2) is 12.1. The molecule has 0 aliphatic carbocycles. The molecule has 3 aromatic carbocycles. The highest BCUT2D eigenvalue weighted by atomic mass is 32.2. The molecule has 0 aliphatic rings. The lowest BCUT2D eigenvalue weighted by Crippen LogP contribution is -2.52. The second-order valence-corrected chi connectivity index (χ2v) is 10.9. The predicted molar refractivity (Wildman–Crippen MR) is 147 cm³/mol.